The zero-order chi connectivity index (χ0) is 8.02. The lowest BCUT2D eigenvalue weighted by Gasteiger charge is -2.38. The van der Waals surface area contributed by atoms with Crippen molar-refractivity contribution in [2.24, 2.45) is 5.92 Å². The van der Waals surface area contributed by atoms with Crippen molar-refractivity contribution in [2.75, 3.05) is 26.3 Å². The van der Waals surface area contributed by atoms with Crippen LogP contribution < -0.4 is 5.32 Å². The van der Waals surface area contributed by atoms with Crippen molar-refractivity contribution in [1.82, 2.24) is 5.32 Å². The number of fused-ring (bicyclic) bond motifs is 1. The smallest absolute Gasteiger partial charge is 0.0922 e. The molecule has 3 nitrogen and oxygen atoms in total. The number of rotatable bonds is 3. The zero-order valence-corrected chi connectivity index (χ0v) is 7.21. The van der Waals surface area contributed by atoms with Crippen LogP contribution in [-0.4, -0.2) is 38.0 Å². The average Bonchev–Trinajstić information content (AvgIpc) is 2.40. The maximum absolute atomic E-state index is 5.72. The third-order valence-corrected chi connectivity index (χ3v) is 3.27. The monoisotopic (exact) mass is 169 g/mol. The highest BCUT2D eigenvalue weighted by atomic mass is 16.6. The summed E-state index contributed by atoms with van der Waals surface area (Å²) in [4.78, 5) is 0. The fraction of sp³-hybridized carbons (Fsp3) is 1.00. The Morgan fingerprint density at radius 3 is 2.75 bits per heavy atom. The first-order valence-corrected chi connectivity index (χ1v) is 4.83. The first-order chi connectivity index (χ1) is 5.86. The second-order valence-corrected chi connectivity index (χ2v) is 4.36. The molecule has 3 aliphatic heterocycles. The van der Waals surface area contributed by atoms with Crippen molar-refractivity contribution in [3.05, 3.63) is 0 Å². The molecule has 12 heavy (non-hydrogen) atoms. The van der Waals surface area contributed by atoms with Crippen LogP contribution in [0.4, 0.5) is 0 Å². The SMILES string of the molecule is C1OC2(COC3CNC3)CC1C2. The highest BCUT2D eigenvalue weighted by Crippen LogP contribution is 2.48. The van der Waals surface area contributed by atoms with Gasteiger partial charge in [0.2, 0.25) is 0 Å². The summed E-state index contributed by atoms with van der Waals surface area (Å²) in [6.45, 7) is 3.86. The van der Waals surface area contributed by atoms with Gasteiger partial charge >= 0.3 is 0 Å². The second kappa shape index (κ2) is 2.44. The molecule has 0 aromatic carbocycles. The lowest BCUT2D eigenvalue weighted by molar-refractivity contribution is -0.101. The molecule has 0 unspecified atom stereocenters. The van der Waals surface area contributed by atoms with E-state index in [2.05, 4.69) is 5.32 Å². The normalized spacial score (nSPS) is 45.5. The van der Waals surface area contributed by atoms with Gasteiger partial charge in [0.15, 0.2) is 0 Å². The summed E-state index contributed by atoms with van der Waals surface area (Å²) in [7, 11) is 0. The summed E-state index contributed by atoms with van der Waals surface area (Å²) < 4.78 is 11.4. The molecule has 0 aromatic rings. The summed E-state index contributed by atoms with van der Waals surface area (Å²) >= 11 is 0. The van der Waals surface area contributed by atoms with Crippen molar-refractivity contribution in [3.8, 4) is 0 Å². The molecule has 0 atom stereocenters. The second-order valence-electron chi connectivity index (χ2n) is 4.36. The van der Waals surface area contributed by atoms with Crippen LogP contribution in [0, 0.1) is 5.92 Å². The van der Waals surface area contributed by atoms with Gasteiger partial charge in [0.05, 0.1) is 24.9 Å². The van der Waals surface area contributed by atoms with E-state index in [0.717, 1.165) is 32.2 Å². The number of hydrogen-bond donors (Lipinski definition) is 1. The van der Waals surface area contributed by atoms with E-state index < -0.39 is 0 Å². The minimum absolute atomic E-state index is 0.153. The van der Waals surface area contributed by atoms with Crippen molar-refractivity contribution in [3.63, 3.8) is 0 Å². The Balaban J connectivity index is 1.48. The molecule has 1 aliphatic carbocycles. The van der Waals surface area contributed by atoms with Gasteiger partial charge in [0.1, 0.15) is 0 Å². The van der Waals surface area contributed by atoms with E-state index in [1.165, 1.54) is 12.8 Å². The third-order valence-electron chi connectivity index (χ3n) is 3.27. The Bertz CT molecular complexity index is 179. The standard InChI is InChI=1S/C9H15NO2/c1-7-2-9(1,12-5-7)6-11-8-3-10-4-8/h7-8,10H,1-6H2. The molecular weight excluding hydrogens is 154 g/mol. The lowest BCUT2D eigenvalue weighted by Crippen LogP contribution is -2.51. The van der Waals surface area contributed by atoms with Gasteiger partial charge in [-0.1, -0.05) is 0 Å². The van der Waals surface area contributed by atoms with Gasteiger partial charge in [-0.05, 0) is 18.8 Å². The van der Waals surface area contributed by atoms with Crippen LogP contribution in [0.25, 0.3) is 0 Å². The molecule has 2 bridgehead atoms. The van der Waals surface area contributed by atoms with E-state index in [1.807, 2.05) is 0 Å². The van der Waals surface area contributed by atoms with Gasteiger partial charge in [-0.25, -0.2) is 0 Å². The van der Waals surface area contributed by atoms with E-state index in [0.29, 0.717) is 6.10 Å². The molecule has 4 rings (SSSR count). The Hall–Kier alpha value is -0.120. The predicted molar refractivity (Wildman–Crippen MR) is 44.0 cm³/mol. The predicted octanol–water partition coefficient (Wildman–Crippen LogP) is 0.154. The average molecular weight is 169 g/mol. The van der Waals surface area contributed by atoms with Crippen LogP contribution in [0.2, 0.25) is 0 Å². The summed E-state index contributed by atoms with van der Waals surface area (Å²) in [5, 5.41) is 3.20. The Morgan fingerprint density at radius 2 is 2.25 bits per heavy atom. The molecule has 1 saturated carbocycles. The minimum Gasteiger partial charge on any atom is -0.373 e. The van der Waals surface area contributed by atoms with E-state index in [1.54, 1.807) is 0 Å². The minimum atomic E-state index is 0.153. The molecule has 4 aliphatic rings. The van der Waals surface area contributed by atoms with E-state index >= 15 is 0 Å². The largest absolute Gasteiger partial charge is 0.373 e. The first kappa shape index (κ1) is 7.30. The Morgan fingerprint density at radius 1 is 1.42 bits per heavy atom. The number of ether oxygens (including phenoxy) is 2. The highest BCUT2D eigenvalue weighted by Gasteiger charge is 2.52. The van der Waals surface area contributed by atoms with Crippen molar-refractivity contribution in [1.29, 1.82) is 0 Å². The van der Waals surface area contributed by atoms with E-state index in [9.17, 15) is 0 Å². The quantitative estimate of drug-likeness (QED) is 0.652. The number of hydrogen-bond acceptors (Lipinski definition) is 3. The van der Waals surface area contributed by atoms with Crippen LogP contribution in [0.15, 0.2) is 0 Å². The molecule has 0 amide bonds. The van der Waals surface area contributed by atoms with E-state index in [-0.39, 0.29) is 5.60 Å². The van der Waals surface area contributed by atoms with Crippen LogP contribution in [0.1, 0.15) is 12.8 Å². The van der Waals surface area contributed by atoms with Crippen molar-refractivity contribution in [2.45, 2.75) is 24.5 Å². The third kappa shape index (κ3) is 1.00. The van der Waals surface area contributed by atoms with Crippen LogP contribution in [0.5, 0.6) is 0 Å². The van der Waals surface area contributed by atoms with Gasteiger partial charge < -0.3 is 14.8 Å². The summed E-state index contributed by atoms with van der Waals surface area (Å²) in [5.74, 6) is 0.855. The molecule has 4 fully saturated rings. The molecule has 3 heteroatoms. The number of nitrogens with one attached hydrogen (secondary N) is 1. The summed E-state index contributed by atoms with van der Waals surface area (Å²) in [6.07, 6.45) is 2.95. The molecule has 1 N–H and O–H groups in total. The van der Waals surface area contributed by atoms with Gasteiger partial charge in [0.25, 0.3) is 0 Å². The molecule has 3 saturated heterocycles. The van der Waals surface area contributed by atoms with Gasteiger partial charge in [-0.2, -0.15) is 0 Å². The fourth-order valence-corrected chi connectivity index (χ4v) is 2.33. The Labute approximate surface area is 72.4 Å². The lowest BCUT2D eigenvalue weighted by atomic mass is 9.75. The molecule has 3 heterocycles. The van der Waals surface area contributed by atoms with Crippen LogP contribution in [-0.2, 0) is 9.47 Å². The molecule has 68 valence electrons. The van der Waals surface area contributed by atoms with Crippen molar-refractivity contribution < 1.29 is 9.47 Å². The van der Waals surface area contributed by atoms with E-state index in [4.69, 9.17) is 9.47 Å². The van der Waals surface area contributed by atoms with Gasteiger partial charge in [0, 0.05) is 13.1 Å². The summed E-state index contributed by atoms with van der Waals surface area (Å²) in [5.41, 5.74) is 0.153. The van der Waals surface area contributed by atoms with Gasteiger partial charge in [-0.15, -0.1) is 0 Å². The Kier molecular flexibility index (Phi) is 1.48. The van der Waals surface area contributed by atoms with Gasteiger partial charge in [-0.3, -0.25) is 0 Å². The molecule has 0 spiro atoms. The summed E-state index contributed by atoms with van der Waals surface area (Å²) in [6, 6.07) is 0. The first-order valence-electron chi connectivity index (χ1n) is 4.83. The maximum Gasteiger partial charge on any atom is 0.0922 e. The molecule has 0 aromatic heterocycles. The highest BCUT2D eigenvalue weighted by molar-refractivity contribution is 5.01. The zero-order valence-electron chi connectivity index (χ0n) is 7.21. The molecular formula is C9H15NO2. The van der Waals surface area contributed by atoms with Crippen LogP contribution in [0.3, 0.4) is 0 Å². The molecule has 0 radical (unpaired) electrons. The fourth-order valence-electron chi connectivity index (χ4n) is 2.33. The maximum atomic E-state index is 5.72. The van der Waals surface area contributed by atoms with Crippen LogP contribution >= 0.6 is 0 Å². The topological polar surface area (TPSA) is 30.5 Å². The van der Waals surface area contributed by atoms with Crippen molar-refractivity contribution >= 4 is 0 Å².